The lowest BCUT2D eigenvalue weighted by Gasteiger charge is -2.06. The van der Waals surface area contributed by atoms with Crippen molar-refractivity contribution in [2.75, 3.05) is 6.61 Å². The molecule has 0 fully saturated rings. The first-order chi connectivity index (χ1) is 10.7. The van der Waals surface area contributed by atoms with Crippen molar-refractivity contribution in [2.45, 2.75) is 19.9 Å². The number of ether oxygens (including phenoxy) is 1. The van der Waals surface area contributed by atoms with Gasteiger partial charge < -0.3 is 4.74 Å². The van der Waals surface area contributed by atoms with Crippen LogP contribution in [0, 0.1) is 5.92 Å². The Morgan fingerprint density at radius 3 is 2.45 bits per heavy atom. The molecule has 0 amide bonds. The van der Waals surface area contributed by atoms with Gasteiger partial charge in [0.15, 0.2) is 0 Å². The molecule has 1 aliphatic heterocycles. The third-order valence-corrected chi connectivity index (χ3v) is 3.89. The second-order valence-corrected chi connectivity index (χ2v) is 5.89. The van der Waals surface area contributed by atoms with Crippen molar-refractivity contribution in [1.82, 2.24) is 0 Å². The van der Waals surface area contributed by atoms with Crippen LogP contribution in [-0.2, 0) is 4.74 Å². The van der Waals surface area contributed by atoms with Gasteiger partial charge in [-0.15, -0.1) is 0 Å². The summed E-state index contributed by atoms with van der Waals surface area (Å²) in [7, 11) is 0. The topological polar surface area (TPSA) is 21.6 Å². The first kappa shape index (κ1) is 14.6. The van der Waals surface area contributed by atoms with Crippen LogP contribution >= 0.6 is 0 Å². The molecule has 1 atom stereocenters. The fourth-order valence-corrected chi connectivity index (χ4v) is 2.47. The monoisotopic (exact) mass is 291 g/mol. The van der Waals surface area contributed by atoms with Crippen LogP contribution in [0.3, 0.4) is 0 Å². The summed E-state index contributed by atoms with van der Waals surface area (Å²) >= 11 is 0. The van der Waals surface area contributed by atoms with E-state index in [1.807, 2.05) is 30.3 Å². The summed E-state index contributed by atoms with van der Waals surface area (Å²) in [5.41, 5.74) is 3.39. The maximum Gasteiger partial charge on any atom is 0.217 e. The van der Waals surface area contributed by atoms with Gasteiger partial charge in [0.2, 0.25) is 5.90 Å². The van der Waals surface area contributed by atoms with Gasteiger partial charge in [0.25, 0.3) is 0 Å². The molecule has 0 saturated carbocycles. The summed E-state index contributed by atoms with van der Waals surface area (Å²) in [4.78, 5) is 4.73. The zero-order chi connectivity index (χ0) is 15.4. The Kier molecular flexibility index (Phi) is 4.38. The van der Waals surface area contributed by atoms with E-state index in [1.165, 1.54) is 5.56 Å². The van der Waals surface area contributed by atoms with Crippen LogP contribution < -0.4 is 0 Å². The molecule has 112 valence electrons. The summed E-state index contributed by atoms with van der Waals surface area (Å²) in [6.45, 7) is 5.05. The first-order valence-corrected chi connectivity index (χ1v) is 7.77. The summed E-state index contributed by atoms with van der Waals surface area (Å²) < 4.78 is 5.82. The molecule has 1 unspecified atom stereocenters. The lowest BCUT2D eigenvalue weighted by Crippen LogP contribution is -2.13. The van der Waals surface area contributed by atoms with Crippen molar-refractivity contribution in [1.29, 1.82) is 0 Å². The second kappa shape index (κ2) is 6.61. The molecule has 0 saturated heterocycles. The van der Waals surface area contributed by atoms with Crippen LogP contribution in [0.2, 0.25) is 0 Å². The van der Waals surface area contributed by atoms with Gasteiger partial charge in [-0.2, -0.15) is 0 Å². The molecule has 2 heteroatoms. The summed E-state index contributed by atoms with van der Waals surface area (Å²) in [5.74, 6) is 1.27. The van der Waals surface area contributed by atoms with Gasteiger partial charge in [-0.25, -0.2) is 4.99 Å². The molecule has 22 heavy (non-hydrogen) atoms. The van der Waals surface area contributed by atoms with Gasteiger partial charge in [-0.3, -0.25) is 0 Å². The van der Waals surface area contributed by atoms with E-state index < -0.39 is 0 Å². The van der Waals surface area contributed by atoms with Crippen molar-refractivity contribution in [2.24, 2.45) is 10.9 Å². The third-order valence-electron chi connectivity index (χ3n) is 3.89. The fraction of sp³-hybridized carbons (Fsp3) is 0.250. The molecule has 3 rings (SSSR count). The molecule has 0 radical (unpaired) electrons. The van der Waals surface area contributed by atoms with Gasteiger partial charge in [0, 0.05) is 5.56 Å². The summed E-state index contributed by atoms with van der Waals surface area (Å²) in [6.07, 6.45) is 4.24. The quantitative estimate of drug-likeness (QED) is 0.751. The zero-order valence-corrected chi connectivity index (χ0v) is 13.1. The standard InChI is InChI=1S/C20H21NO/c1-15(2)19-14-22-20(21-19)18-11-7-6-10-17(18)13-12-16-8-4-3-5-9-16/h3-13,15,19H,14H2,1-2H3. The molecule has 1 heterocycles. The zero-order valence-electron chi connectivity index (χ0n) is 13.1. The minimum absolute atomic E-state index is 0.265. The number of benzene rings is 2. The lowest BCUT2D eigenvalue weighted by molar-refractivity contribution is 0.292. The first-order valence-electron chi connectivity index (χ1n) is 7.77. The van der Waals surface area contributed by atoms with Crippen LogP contribution in [0.25, 0.3) is 12.2 Å². The van der Waals surface area contributed by atoms with Crippen molar-refractivity contribution in [3.63, 3.8) is 0 Å². The SMILES string of the molecule is CC(C)C1COC(c2ccccc2C=Cc2ccccc2)=N1. The Morgan fingerprint density at radius 1 is 1.00 bits per heavy atom. The van der Waals surface area contributed by atoms with E-state index in [1.54, 1.807) is 0 Å². The highest BCUT2D eigenvalue weighted by atomic mass is 16.5. The minimum Gasteiger partial charge on any atom is -0.475 e. The van der Waals surface area contributed by atoms with Crippen LogP contribution in [0.1, 0.15) is 30.5 Å². The van der Waals surface area contributed by atoms with E-state index in [9.17, 15) is 0 Å². The average Bonchev–Trinajstić information content (AvgIpc) is 3.04. The molecular weight excluding hydrogens is 270 g/mol. The Morgan fingerprint density at radius 2 is 1.73 bits per heavy atom. The van der Waals surface area contributed by atoms with E-state index in [0.29, 0.717) is 12.5 Å². The average molecular weight is 291 g/mol. The fourth-order valence-electron chi connectivity index (χ4n) is 2.47. The van der Waals surface area contributed by atoms with Gasteiger partial charge in [0.05, 0.1) is 6.04 Å². The van der Waals surface area contributed by atoms with Crippen molar-refractivity contribution in [3.8, 4) is 0 Å². The maximum absolute atomic E-state index is 5.82. The predicted octanol–water partition coefficient (Wildman–Crippen LogP) is 4.66. The summed E-state index contributed by atoms with van der Waals surface area (Å²) in [6, 6.07) is 18.8. The van der Waals surface area contributed by atoms with E-state index >= 15 is 0 Å². The highest BCUT2D eigenvalue weighted by Crippen LogP contribution is 2.21. The highest BCUT2D eigenvalue weighted by molar-refractivity contribution is 5.99. The van der Waals surface area contributed by atoms with Crippen molar-refractivity contribution < 1.29 is 4.74 Å². The predicted molar refractivity (Wildman–Crippen MR) is 92.9 cm³/mol. The molecule has 0 spiro atoms. The number of hydrogen-bond acceptors (Lipinski definition) is 2. The summed E-state index contributed by atoms with van der Waals surface area (Å²) in [5, 5.41) is 0. The van der Waals surface area contributed by atoms with Crippen molar-refractivity contribution >= 4 is 18.0 Å². The van der Waals surface area contributed by atoms with Crippen molar-refractivity contribution in [3.05, 3.63) is 71.3 Å². The number of nitrogens with zero attached hydrogens (tertiary/aromatic N) is 1. The Hall–Kier alpha value is -2.35. The number of hydrogen-bond donors (Lipinski definition) is 0. The van der Waals surface area contributed by atoms with E-state index in [-0.39, 0.29) is 6.04 Å². The maximum atomic E-state index is 5.82. The molecule has 1 aliphatic rings. The largest absolute Gasteiger partial charge is 0.475 e. The van der Waals surface area contributed by atoms with Gasteiger partial charge in [-0.05, 0) is 23.1 Å². The molecule has 0 bridgehead atoms. The smallest absolute Gasteiger partial charge is 0.217 e. The van der Waals surface area contributed by atoms with Gasteiger partial charge in [0.1, 0.15) is 6.61 Å². The highest BCUT2D eigenvalue weighted by Gasteiger charge is 2.23. The van der Waals surface area contributed by atoms with E-state index in [4.69, 9.17) is 9.73 Å². The van der Waals surface area contributed by atoms with E-state index in [0.717, 1.165) is 17.0 Å². The third kappa shape index (κ3) is 3.28. The number of aliphatic imine (C=N–C) groups is 1. The molecule has 0 aliphatic carbocycles. The Labute approximate surface area is 132 Å². The Bertz CT molecular complexity index is 686. The second-order valence-electron chi connectivity index (χ2n) is 5.89. The number of rotatable bonds is 4. The van der Waals surface area contributed by atoms with Crippen LogP contribution in [0.15, 0.2) is 59.6 Å². The van der Waals surface area contributed by atoms with Gasteiger partial charge in [-0.1, -0.05) is 74.5 Å². The van der Waals surface area contributed by atoms with Gasteiger partial charge >= 0.3 is 0 Å². The molecule has 2 aromatic carbocycles. The Balaban J connectivity index is 1.88. The van der Waals surface area contributed by atoms with Crippen LogP contribution in [0.4, 0.5) is 0 Å². The molecule has 0 aromatic heterocycles. The molecule has 2 nitrogen and oxygen atoms in total. The van der Waals surface area contributed by atoms with Crippen LogP contribution in [0.5, 0.6) is 0 Å². The lowest BCUT2D eigenvalue weighted by atomic mass is 10.1. The molecule has 2 aromatic rings. The minimum atomic E-state index is 0.265. The molecular formula is C20H21NO. The molecule has 0 N–H and O–H groups in total. The van der Waals surface area contributed by atoms with E-state index in [2.05, 4.69) is 50.3 Å². The van der Waals surface area contributed by atoms with Crippen LogP contribution in [-0.4, -0.2) is 18.5 Å². The normalized spacial score (nSPS) is 17.8.